The molecule has 0 bridgehead atoms. The molecule has 6 rings (SSSR count). The monoisotopic (exact) mass is 526 g/mol. The lowest BCUT2D eigenvalue weighted by molar-refractivity contribution is 0.289. The van der Waals surface area contributed by atoms with Gasteiger partial charge in [-0.1, -0.05) is 139 Å². The molecule has 0 saturated carbocycles. The zero-order valence-corrected chi connectivity index (χ0v) is 22.9. The van der Waals surface area contributed by atoms with E-state index in [1.807, 2.05) is 12.1 Å². The van der Waals surface area contributed by atoms with E-state index < -0.39 is 0 Å². The van der Waals surface area contributed by atoms with Crippen molar-refractivity contribution in [1.29, 1.82) is 0 Å². The van der Waals surface area contributed by atoms with Crippen LogP contribution in [0.3, 0.4) is 0 Å². The molecule has 192 valence electrons. The molecular weight excluding hydrogens is 495 g/mol. The summed E-state index contributed by atoms with van der Waals surface area (Å²) in [4.78, 5) is 0. The van der Waals surface area contributed by atoms with Crippen molar-refractivity contribution < 1.29 is 4.74 Å². The van der Waals surface area contributed by atoms with Gasteiger partial charge in [-0.05, 0) is 41.3 Å². The SMILES string of the molecule is Cc1ccc(OC2=CN(C(c3ccccc3)c3ccccc3)PN2C(c2ccccc2)c2ccccc2)cc1. The fraction of sp³-hybridized carbons (Fsp3) is 0.0857. The zero-order valence-electron chi connectivity index (χ0n) is 21.9. The van der Waals surface area contributed by atoms with Crippen molar-refractivity contribution in [3.05, 3.63) is 185 Å². The molecule has 0 fully saturated rings. The Morgan fingerprint density at radius 2 is 0.923 bits per heavy atom. The van der Waals surface area contributed by atoms with Crippen molar-refractivity contribution in [3.63, 3.8) is 0 Å². The van der Waals surface area contributed by atoms with Gasteiger partial charge in [-0.15, -0.1) is 0 Å². The largest absolute Gasteiger partial charge is 0.439 e. The molecule has 1 aliphatic rings. The molecule has 0 radical (unpaired) electrons. The Hall–Kier alpha value is -4.33. The first-order valence-electron chi connectivity index (χ1n) is 13.3. The molecule has 0 saturated heterocycles. The number of rotatable bonds is 8. The van der Waals surface area contributed by atoms with Crippen molar-refractivity contribution in [2.24, 2.45) is 0 Å². The first-order valence-corrected chi connectivity index (χ1v) is 14.2. The first kappa shape index (κ1) is 25.0. The third kappa shape index (κ3) is 5.60. The van der Waals surface area contributed by atoms with Crippen LogP contribution in [0.25, 0.3) is 0 Å². The van der Waals surface area contributed by atoms with Crippen molar-refractivity contribution in [2.45, 2.75) is 19.0 Å². The van der Waals surface area contributed by atoms with Gasteiger partial charge in [0.15, 0.2) is 0 Å². The zero-order chi connectivity index (χ0) is 26.4. The third-order valence-corrected chi connectivity index (χ3v) is 8.26. The van der Waals surface area contributed by atoms with Crippen LogP contribution in [0.5, 0.6) is 5.75 Å². The van der Waals surface area contributed by atoms with Gasteiger partial charge in [-0.25, -0.2) is 0 Å². The van der Waals surface area contributed by atoms with Crippen LogP contribution in [0.2, 0.25) is 0 Å². The number of hydrogen-bond donors (Lipinski definition) is 0. The van der Waals surface area contributed by atoms with Crippen LogP contribution in [0.15, 0.2) is 158 Å². The second kappa shape index (κ2) is 11.6. The van der Waals surface area contributed by atoms with Gasteiger partial charge in [0, 0.05) is 0 Å². The summed E-state index contributed by atoms with van der Waals surface area (Å²) in [6.07, 6.45) is 2.20. The van der Waals surface area contributed by atoms with Gasteiger partial charge in [0.2, 0.25) is 5.88 Å². The van der Waals surface area contributed by atoms with Crippen LogP contribution < -0.4 is 4.74 Å². The Balaban J connectivity index is 1.46. The van der Waals surface area contributed by atoms with E-state index in [0.29, 0.717) is 8.88 Å². The van der Waals surface area contributed by atoms with E-state index in [2.05, 4.69) is 156 Å². The maximum Gasteiger partial charge on any atom is 0.217 e. The summed E-state index contributed by atoms with van der Waals surface area (Å²) < 4.78 is 11.5. The van der Waals surface area contributed by atoms with E-state index in [9.17, 15) is 0 Å². The lowest BCUT2D eigenvalue weighted by atomic mass is 9.98. The quantitative estimate of drug-likeness (QED) is 0.188. The van der Waals surface area contributed by atoms with Gasteiger partial charge < -0.3 is 9.41 Å². The van der Waals surface area contributed by atoms with Gasteiger partial charge in [-0.2, -0.15) is 0 Å². The molecule has 0 N–H and O–H groups in total. The number of ether oxygens (including phenoxy) is 1. The summed E-state index contributed by atoms with van der Waals surface area (Å²) >= 11 is 0. The summed E-state index contributed by atoms with van der Waals surface area (Å²) in [5.41, 5.74) is 6.17. The van der Waals surface area contributed by atoms with Crippen LogP contribution in [0.4, 0.5) is 0 Å². The fourth-order valence-corrected chi connectivity index (χ4v) is 6.50. The van der Waals surface area contributed by atoms with Crippen LogP contribution in [-0.4, -0.2) is 9.34 Å². The Morgan fingerprint density at radius 1 is 0.513 bits per heavy atom. The third-order valence-electron chi connectivity index (χ3n) is 6.95. The Kier molecular flexibility index (Phi) is 7.43. The van der Waals surface area contributed by atoms with Gasteiger partial charge in [0.1, 0.15) is 5.75 Å². The number of hydrogen-bond acceptors (Lipinski definition) is 3. The molecule has 1 atom stereocenters. The van der Waals surface area contributed by atoms with Crippen LogP contribution in [0, 0.1) is 6.92 Å². The van der Waals surface area contributed by atoms with Crippen LogP contribution in [-0.2, 0) is 0 Å². The van der Waals surface area contributed by atoms with E-state index in [0.717, 1.165) is 11.6 Å². The second-order valence-electron chi connectivity index (χ2n) is 9.71. The second-order valence-corrected chi connectivity index (χ2v) is 10.9. The Morgan fingerprint density at radius 3 is 1.36 bits per heavy atom. The van der Waals surface area contributed by atoms with E-state index in [1.54, 1.807) is 0 Å². The predicted octanol–water partition coefficient (Wildman–Crippen LogP) is 8.88. The molecule has 0 spiro atoms. The standard InChI is InChI=1S/C35H31N2OP/c1-27-22-24-32(25-23-27)38-33-26-36(34(28-14-6-2-7-15-28)29-16-8-3-9-17-29)39-37(33)35(30-18-10-4-11-19-30)31-20-12-5-13-21-31/h2-26,34-35,39H,1H3. The van der Waals surface area contributed by atoms with E-state index in [1.165, 1.54) is 27.8 Å². The molecule has 1 unspecified atom stereocenters. The average molecular weight is 527 g/mol. The minimum Gasteiger partial charge on any atom is -0.439 e. The highest BCUT2D eigenvalue weighted by molar-refractivity contribution is 7.33. The van der Waals surface area contributed by atoms with Gasteiger partial charge in [0.25, 0.3) is 0 Å². The van der Waals surface area contributed by atoms with Crippen molar-refractivity contribution in [3.8, 4) is 5.75 Å². The molecule has 4 heteroatoms. The Labute approximate surface area is 232 Å². The molecule has 1 heterocycles. The number of nitrogens with zero attached hydrogens (tertiary/aromatic N) is 2. The molecule has 5 aromatic rings. The van der Waals surface area contributed by atoms with Gasteiger partial charge in [-0.3, -0.25) is 4.67 Å². The van der Waals surface area contributed by atoms with E-state index in [-0.39, 0.29) is 12.1 Å². The van der Waals surface area contributed by atoms with Gasteiger partial charge in [0.05, 0.1) is 27.2 Å². The molecular formula is C35H31N2OP. The molecule has 5 aromatic carbocycles. The Bertz CT molecular complexity index is 1430. The molecule has 1 aliphatic heterocycles. The van der Waals surface area contributed by atoms with E-state index >= 15 is 0 Å². The fourth-order valence-electron chi connectivity index (χ4n) is 5.05. The smallest absolute Gasteiger partial charge is 0.217 e. The lowest BCUT2D eigenvalue weighted by Crippen LogP contribution is -2.23. The lowest BCUT2D eigenvalue weighted by Gasteiger charge is -2.34. The predicted molar refractivity (Wildman–Crippen MR) is 161 cm³/mol. The highest BCUT2D eigenvalue weighted by Crippen LogP contribution is 2.51. The van der Waals surface area contributed by atoms with Crippen molar-refractivity contribution >= 4 is 8.88 Å². The molecule has 0 amide bonds. The number of aryl methyl sites for hydroxylation is 1. The van der Waals surface area contributed by atoms with Crippen LogP contribution >= 0.6 is 8.88 Å². The summed E-state index contributed by atoms with van der Waals surface area (Å²) in [5.74, 6) is 1.67. The first-order chi connectivity index (χ1) is 19.3. The van der Waals surface area contributed by atoms with Crippen molar-refractivity contribution in [1.82, 2.24) is 9.34 Å². The highest BCUT2D eigenvalue weighted by Gasteiger charge is 2.35. The normalized spacial score (nSPS) is 13.8. The average Bonchev–Trinajstić information content (AvgIpc) is 3.39. The van der Waals surface area contributed by atoms with Gasteiger partial charge >= 0.3 is 0 Å². The summed E-state index contributed by atoms with van der Waals surface area (Å²) in [6, 6.07) is 51.3. The highest BCUT2D eigenvalue weighted by atomic mass is 31.1. The maximum atomic E-state index is 6.67. The number of benzene rings is 5. The maximum absolute atomic E-state index is 6.67. The van der Waals surface area contributed by atoms with Crippen LogP contribution in [0.1, 0.15) is 39.9 Å². The topological polar surface area (TPSA) is 15.7 Å². The molecule has 3 nitrogen and oxygen atoms in total. The van der Waals surface area contributed by atoms with E-state index in [4.69, 9.17) is 4.74 Å². The summed E-state index contributed by atoms with van der Waals surface area (Å²) in [7, 11) is 0.332. The molecule has 39 heavy (non-hydrogen) atoms. The summed E-state index contributed by atoms with van der Waals surface area (Å²) in [5, 5.41) is 0. The molecule has 0 aliphatic carbocycles. The minimum atomic E-state index is -0.000344. The molecule has 0 aromatic heterocycles. The minimum absolute atomic E-state index is 0.000344. The van der Waals surface area contributed by atoms with Crippen molar-refractivity contribution in [2.75, 3.05) is 0 Å². The summed E-state index contributed by atoms with van der Waals surface area (Å²) in [6.45, 7) is 2.10.